The fourth-order valence-electron chi connectivity index (χ4n) is 4.76. The van der Waals surface area contributed by atoms with Gasteiger partial charge in [0.2, 0.25) is 5.88 Å². The van der Waals surface area contributed by atoms with Crippen molar-refractivity contribution in [3.8, 4) is 6.07 Å². The number of carbonyl (C=O) groups is 1. The van der Waals surface area contributed by atoms with E-state index in [1.54, 1.807) is 23.5 Å². The zero-order valence-electron chi connectivity index (χ0n) is 20.8. The maximum absolute atomic E-state index is 12.2. The van der Waals surface area contributed by atoms with Crippen LogP contribution in [0.15, 0.2) is 72.2 Å². The monoisotopic (exact) mass is 517 g/mol. The molecule has 1 aliphatic carbocycles. The Balaban J connectivity index is 1.07. The maximum Gasteiger partial charge on any atom is 0.319 e. The molecular formula is C28H31N5O3S. The summed E-state index contributed by atoms with van der Waals surface area (Å²) in [6.07, 6.45) is 13.5. The van der Waals surface area contributed by atoms with E-state index in [4.69, 9.17) is 20.5 Å². The number of thiophene rings is 1. The van der Waals surface area contributed by atoms with Crippen LogP contribution in [0.25, 0.3) is 10.1 Å². The van der Waals surface area contributed by atoms with Crippen molar-refractivity contribution in [3.63, 3.8) is 0 Å². The molecular weight excluding hydrogens is 486 g/mol. The van der Waals surface area contributed by atoms with E-state index in [0.717, 1.165) is 85.1 Å². The number of rotatable bonds is 8. The fourth-order valence-corrected chi connectivity index (χ4v) is 5.84. The van der Waals surface area contributed by atoms with Gasteiger partial charge in [0.15, 0.2) is 12.0 Å². The van der Waals surface area contributed by atoms with Crippen molar-refractivity contribution in [3.05, 3.63) is 77.8 Å². The van der Waals surface area contributed by atoms with Crippen LogP contribution in [0, 0.1) is 11.3 Å². The van der Waals surface area contributed by atoms with Gasteiger partial charge in [0.1, 0.15) is 11.3 Å². The van der Waals surface area contributed by atoms with Gasteiger partial charge in [-0.2, -0.15) is 5.26 Å². The molecule has 37 heavy (non-hydrogen) atoms. The molecule has 0 spiro atoms. The summed E-state index contributed by atoms with van der Waals surface area (Å²) in [5.74, 6) is 1.57. The van der Waals surface area contributed by atoms with Crippen molar-refractivity contribution in [2.24, 2.45) is 5.73 Å². The van der Waals surface area contributed by atoms with Crippen LogP contribution in [0.5, 0.6) is 0 Å². The first-order valence-electron chi connectivity index (χ1n) is 12.7. The van der Waals surface area contributed by atoms with Gasteiger partial charge in [-0.15, -0.1) is 11.3 Å². The highest BCUT2D eigenvalue weighted by atomic mass is 32.1. The van der Waals surface area contributed by atoms with Gasteiger partial charge < -0.3 is 20.1 Å². The van der Waals surface area contributed by atoms with Gasteiger partial charge >= 0.3 is 6.03 Å². The van der Waals surface area contributed by atoms with Crippen LogP contribution in [0.1, 0.15) is 31.2 Å². The molecule has 8 nitrogen and oxygen atoms in total. The number of unbranched alkanes of at least 4 members (excludes halogenated alkanes) is 1. The summed E-state index contributed by atoms with van der Waals surface area (Å²) in [5, 5.41) is 10.9. The third-order valence-electron chi connectivity index (χ3n) is 6.84. The number of primary amides is 1. The Kier molecular flexibility index (Phi) is 7.78. The number of anilines is 1. The normalized spacial score (nSPS) is 17.8. The summed E-state index contributed by atoms with van der Waals surface area (Å²) in [4.78, 5) is 18.5. The quantitative estimate of drug-likeness (QED) is 0.494. The SMILES string of the molecule is N#Cc1ccc2sc(N(CCCCN3CCN(C4=COC=C(C5=CC=CCC5)O4)CC3)C(N)=O)cc2c1. The zero-order chi connectivity index (χ0) is 25.6. The first kappa shape index (κ1) is 24.9. The molecule has 9 heteroatoms. The molecule has 0 radical (unpaired) electrons. The van der Waals surface area contributed by atoms with Gasteiger partial charge in [0, 0.05) is 37.4 Å². The van der Waals surface area contributed by atoms with Gasteiger partial charge in [-0.3, -0.25) is 9.80 Å². The summed E-state index contributed by atoms with van der Waals surface area (Å²) in [7, 11) is 0. The molecule has 1 saturated heterocycles. The first-order valence-corrected chi connectivity index (χ1v) is 13.5. The summed E-state index contributed by atoms with van der Waals surface area (Å²) in [6.45, 7) is 5.19. The average Bonchev–Trinajstić information content (AvgIpc) is 3.36. The standard InChI is InChI=1S/C28H31N5O3S/c29-18-21-8-9-25-23(16-21)17-27(37-25)33(28(30)34)11-5-4-10-31-12-14-32(15-13-31)26-20-35-19-24(36-26)22-6-2-1-3-7-22/h1-2,6,8-9,16-17,19-20H,3-5,7,10-15H2,(H2,30,34). The lowest BCUT2D eigenvalue weighted by atomic mass is 10.0. The Morgan fingerprint density at radius 2 is 2.03 bits per heavy atom. The van der Waals surface area contributed by atoms with E-state index in [1.807, 2.05) is 18.2 Å². The molecule has 3 aliphatic rings. The van der Waals surface area contributed by atoms with Crippen molar-refractivity contribution >= 4 is 32.5 Å². The molecule has 2 amide bonds. The van der Waals surface area contributed by atoms with Crippen LogP contribution in [0.3, 0.4) is 0 Å². The molecule has 3 heterocycles. The molecule has 1 fully saturated rings. The predicted octanol–water partition coefficient (Wildman–Crippen LogP) is 5.02. The summed E-state index contributed by atoms with van der Waals surface area (Å²) in [5.41, 5.74) is 7.48. The van der Waals surface area contributed by atoms with E-state index in [1.165, 1.54) is 16.9 Å². The zero-order valence-corrected chi connectivity index (χ0v) is 21.6. The van der Waals surface area contributed by atoms with Crippen LogP contribution in [0.4, 0.5) is 9.80 Å². The minimum atomic E-state index is -0.447. The van der Waals surface area contributed by atoms with Crippen LogP contribution in [0.2, 0.25) is 0 Å². The van der Waals surface area contributed by atoms with Gasteiger partial charge in [-0.05, 0) is 67.5 Å². The summed E-state index contributed by atoms with van der Waals surface area (Å²) >= 11 is 1.52. The Bertz CT molecular complexity index is 1310. The van der Waals surface area contributed by atoms with Gasteiger partial charge in [0.05, 0.1) is 11.6 Å². The van der Waals surface area contributed by atoms with E-state index in [9.17, 15) is 4.79 Å². The lowest BCUT2D eigenvalue weighted by Crippen LogP contribution is -2.46. The molecule has 1 aromatic heterocycles. The predicted molar refractivity (Wildman–Crippen MR) is 146 cm³/mol. The Morgan fingerprint density at radius 1 is 1.16 bits per heavy atom. The minimum Gasteiger partial charge on any atom is -0.463 e. The van der Waals surface area contributed by atoms with Crippen molar-refractivity contribution in [1.29, 1.82) is 5.26 Å². The number of hydrogen-bond acceptors (Lipinski definition) is 7. The third-order valence-corrected chi connectivity index (χ3v) is 7.98. The Hall–Kier alpha value is -3.74. The van der Waals surface area contributed by atoms with Gasteiger partial charge in [0.25, 0.3) is 0 Å². The second-order valence-electron chi connectivity index (χ2n) is 9.31. The summed E-state index contributed by atoms with van der Waals surface area (Å²) in [6, 6.07) is 9.21. The molecule has 0 bridgehead atoms. The van der Waals surface area contributed by atoms with Crippen molar-refractivity contribution in [1.82, 2.24) is 9.80 Å². The highest BCUT2D eigenvalue weighted by Crippen LogP contribution is 2.33. The van der Waals surface area contributed by atoms with E-state index >= 15 is 0 Å². The molecule has 192 valence electrons. The number of hydrogen-bond donors (Lipinski definition) is 1. The molecule has 5 rings (SSSR count). The van der Waals surface area contributed by atoms with E-state index in [2.05, 4.69) is 34.1 Å². The molecule has 0 atom stereocenters. The van der Waals surface area contributed by atoms with Crippen LogP contribution >= 0.6 is 11.3 Å². The number of carbonyl (C=O) groups excluding carboxylic acids is 1. The van der Waals surface area contributed by atoms with Crippen molar-refractivity contribution in [2.45, 2.75) is 25.7 Å². The molecule has 2 N–H and O–H groups in total. The van der Waals surface area contributed by atoms with Crippen LogP contribution < -0.4 is 10.6 Å². The number of piperazine rings is 1. The Labute approximate surface area is 221 Å². The highest BCUT2D eigenvalue weighted by molar-refractivity contribution is 7.23. The minimum absolute atomic E-state index is 0.447. The molecule has 2 aliphatic heterocycles. The molecule has 0 saturated carbocycles. The number of benzene rings is 1. The van der Waals surface area contributed by atoms with E-state index in [0.29, 0.717) is 12.1 Å². The highest BCUT2D eigenvalue weighted by Gasteiger charge is 2.24. The number of nitriles is 1. The third kappa shape index (κ3) is 5.98. The number of amides is 2. The second kappa shape index (κ2) is 11.5. The lowest BCUT2D eigenvalue weighted by Gasteiger charge is -2.37. The number of ether oxygens (including phenoxy) is 2. The van der Waals surface area contributed by atoms with Gasteiger partial charge in [-0.25, -0.2) is 4.79 Å². The van der Waals surface area contributed by atoms with E-state index < -0.39 is 6.03 Å². The number of nitrogens with zero attached hydrogens (tertiary/aromatic N) is 4. The average molecular weight is 518 g/mol. The largest absolute Gasteiger partial charge is 0.463 e. The number of nitrogens with two attached hydrogens (primary N) is 1. The van der Waals surface area contributed by atoms with Crippen LogP contribution in [-0.4, -0.2) is 55.1 Å². The Morgan fingerprint density at radius 3 is 2.78 bits per heavy atom. The second-order valence-corrected chi connectivity index (χ2v) is 10.4. The summed E-state index contributed by atoms with van der Waals surface area (Å²) < 4.78 is 12.8. The van der Waals surface area contributed by atoms with Gasteiger partial charge in [-0.1, -0.05) is 18.2 Å². The number of urea groups is 1. The lowest BCUT2D eigenvalue weighted by molar-refractivity contribution is 0.0787. The maximum atomic E-state index is 12.2. The van der Waals surface area contributed by atoms with Crippen molar-refractivity contribution < 1.29 is 14.3 Å². The first-order chi connectivity index (χ1) is 18.1. The topological polar surface area (TPSA) is 95.1 Å². The fraction of sp³-hybridized carbons (Fsp3) is 0.357. The smallest absolute Gasteiger partial charge is 0.319 e. The number of allylic oxidation sites excluding steroid dienone is 4. The van der Waals surface area contributed by atoms with Crippen molar-refractivity contribution in [2.75, 3.05) is 44.2 Å². The molecule has 1 aromatic carbocycles. The van der Waals surface area contributed by atoms with Crippen LogP contribution in [-0.2, 0) is 9.47 Å². The van der Waals surface area contributed by atoms with E-state index in [-0.39, 0.29) is 0 Å². The molecule has 0 unspecified atom stereocenters. The number of fused-ring (bicyclic) bond motifs is 1. The molecule has 2 aromatic rings.